The van der Waals surface area contributed by atoms with Gasteiger partial charge in [-0.2, -0.15) is 0 Å². The van der Waals surface area contributed by atoms with Gasteiger partial charge in [0.25, 0.3) is 5.91 Å². The molecule has 0 heterocycles. The van der Waals surface area contributed by atoms with Crippen molar-refractivity contribution in [3.8, 4) is 0 Å². The summed E-state index contributed by atoms with van der Waals surface area (Å²) in [5.41, 5.74) is 0.498. The lowest BCUT2D eigenvalue weighted by Crippen LogP contribution is -2.32. The van der Waals surface area contributed by atoms with Crippen molar-refractivity contribution in [3.63, 3.8) is 0 Å². The van der Waals surface area contributed by atoms with Gasteiger partial charge in [0, 0.05) is 11.8 Å². The van der Waals surface area contributed by atoms with E-state index in [4.69, 9.17) is 4.74 Å². The Morgan fingerprint density at radius 2 is 1.90 bits per heavy atom. The standard InChI is InChI=1S/C16H17NO3/c1-3-5-11-17(13-15(18)20-12-4-2)16(19)14-9-7-6-8-10-14/h3-11H,1-2,12-13H2. The molecule has 0 aliphatic rings. The van der Waals surface area contributed by atoms with E-state index < -0.39 is 5.97 Å². The van der Waals surface area contributed by atoms with Crippen LogP contribution in [0.25, 0.3) is 0 Å². The van der Waals surface area contributed by atoms with Gasteiger partial charge in [0.2, 0.25) is 0 Å². The normalized spacial score (nSPS) is 10.0. The lowest BCUT2D eigenvalue weighted by molar-refractivity contribution is -0.142. The summed E-state index contributed by atoms with van der Waals surface area (Å²) < 4.78 is 4.88. The van der Waals surface area contributed by atoms with Crippen molar-refractivity contribution in [3.05, 3.63) is 73.5 Å². The van der Waals surface area contributed by atoms with Gasteiger partial charge in [-0.3, -0.25) is 9.59 Å². The van der Waals surface area contributed by atoms with Gasteiger partial charge in [0.1, 0.15) is 13.2 Å². The number of hydrogen-bond donors (Lipinski definition) is 0. The zero-order chi connectivity index (χ0) is 14.8. The molecule has 0 saturated carbocycles. The van der Waals surface area contributed by atoms with E-state index in [0.717, 1.165) is 0 Å². The fourth-order valence-corrected chi connectivity index (χ4v) is 1.44. The molecule has 0 saturated heterocycles. The zero-order valence-electron chi connectivity index (χ0n) is 11.2. The minimum atomic E-state index is -0.497. The van der Waals surface area contributed by atoms with Crippen LogP contribution in [0, 0.1) is 0 Å². The Morgan fingerprint density at radius 3 is 2.50 bits per heavy atom. The third-order valence-corrected chi connectivity index (χ3v) is 2.35. The molecular formula is C16H17NO3. The highest BCUT2D eigenvalue weighted by Gasteiger charge is 2.16. The summed E-state index contributed by atoms with van der Waals surface area (Å²) in [6.45, 7) is 6.96. The van der Waals surface area contributed by atoms with Crippen LogP contribution in [0.4, 0.5) is 0 Å². The predicted molar refractivity (Wildman–Crippen MR) is 78.0 cm³/mol. The number of ether oxygens (including phenoxy) is 1. The third-order valence-electron chi connectivity index (χ3n) is 2.35. The molecule has 1 rings (SSSR count). The van der Waals surface area contributed by atoms with Crippen LogP contribution in [-0.4, -0.2) is 29.9 Å². The molecular weight excluding hydrogens is 254 g/mol. The number of carbonyl (C=O) groups excluding carboxylic acids is 2. The molecule has 104 valence electrons. The molecule has 0 N–H and O–H groups in total. The molecule has 0 bridgehead atoms. The topological polar surface area (TPSA) is 46.6 Å². The van der Waals surface area contributed by atoms with Gasteiger partial charge in [0.15, 0.2) is 0 Å². The number of esters is 1. The van der Waals surface area contributed by atoms with Crippen LogP contribution in [0.5, 0.6) is 0 Å². The second-order valence-electron chi connectivity index (χ2n) is 3.85. The largest absolute Gasteiger partial charge is 0.460 e. The van der Waals surface area contributed by atoms with Gasteiger partial charge in [-0.1, -0.05) is 43.5 Å². The number of benzene rings is 1. The Kier molecular flexibility index (Phi) is 6.54. The Morgan fingerprint density at radius 1 is 1.20 bits per heavy atom. The highest BCUT2D eigenvalue weighted by Crippen LogP contribution is 2.06. The lowest BCUT2D eigenvalue weighted by atomic mass is 10.2. The quantitative estimate of drug-likeness (QED) is 0.435. The first-order chi connectivity index (χ1) is 9.69. The smallest absolute Gasteiger partial charge is 0.326 e. The second-order valence-corrected chi connectivity index (χ2v) is 3.85. The monoisotopic (exact) mass is 271 g/mol. The van der Waals surface area contributed by atoms with Crippen LogP contribution in [0.1, 0.15) is 10.4 Å². The molecule has 0 atom stereocenters. The molecule has 0 aliphatic carbocycles. The number of hydrogen-bond acceptors (Lipinski definition) is 3. The fourth-order valence-electron chi connectivity index (χ4n) is 1.44. The van der Waals surface area contributed by atoms with Crippen LogP contribution in [0.3, 0.4) is 0 Å². The molecule has 0 spiro atoms. The van der Waals surface area contributed by atoms with Crippen molar-refractivity contribution in [2.45, 2.75) is 0 Å². The van der Waals surface area contributed by atoms with E-state index in [-0.39, 0.29) is 19.1 Å². The number of nitrogens with zero attached hydrogens (tertiary/aromatic N) is 1. The van der Waals surface area contributed by atoms with Gasteiger partial charge < -0.3 is 9.64 Å². The first-order valence-electron chi connectivity index (χ1n) is 6.10. The minimum Gasteiger partial charge on any atom is -0.460 e. The Hall–Kier alpha value is -2.62. The van der Waals surface area contributed by atoms with Crippen molar-refractivity contribution < 1.29 is 14.3 Å². The fraction of sp³-hybridized carbons (Fsp3) is 0.125. The summed E-state index contributed by atoms with van der Waals surface area (Å²) in [5.74, 6) is -0.776. The highest BCUT2D eigenvalue weighted by molar-refractivity contribution is 5.96. The number of rotatable bonds is 7. The predicted octanol–water partition coefficient (Wildman–Crippen LogP) is 2.56. The van der Waals surface area contributed by atoms with Gasteiger partial charge in [-0.15, -0.1) is 0 Å². The molecule has 0 unspecified atom stereocenters. The summed E-state index contributed by atoms with van der Waals surface area (Å²) in [7, 11) is 0. The van der Waals surface area contributed by atoms with Gasteiger partial charge in [-0.25, -0.2) is 0 Å². The maximum Gasteiger partial charge on any atom is 0.326 e. The van der Waals surface area contributed by atoms with Gasteiger partial charge in [0.05, 0.1) is 0 Å². The second kappa shape index (κ2) is 8.48. The summed E-state index contributed by atoms with van der Waals surface area (Å²) >= 11 is 0. The van der Waals surface area contributed by atoms with E-state index in [1.165, 1.54) is 23.3 Å². The van der Waals surface area contributed by atoms with Crippen molar-refractivity contribution >= 4 is 11.9 Å². The molecule has 4 nitrogen and oxygen atoms in total. The van der Waals surface area contributed by atoms with Crippen LogP contribution in [0.2, 0.25) is 0 Å². The van der Waals surface area contributed by atoms with Crippen molar-refractivity contribution in [1.82, 2.24) is 4.90 Å². The number of amides is 1. The van der Waals surface area contributed by atoms with Crippen molar-refractivity contribution in [2.75, 3.05) is 13.2 Å². The summed E-state index contributed by atoms with van der Waals surface area (Å²) in [4.78, 5) is 25.1. The first kappa shape index (κ1) is 15.4. The van der Waals surface area contributed by atoms with Crippen LogP contribution < -0.4 is 0 Å². The molecule has 1 amide bonds. The SMILES string of the molecule is C=CC=CN(CC(=O)OCC=C)C(=O)c1ccccc1. The van der Waals surface area contributed by atoms with Gasteiger partial charge >= 0.3 is 5.97 Å². The molecule has 0 aliphatic heterocycles. The van der Waals surface area contributed by atoms with E-state index in [9.17, 15) is 9.59 Å². The van der Waals surface area contributed by atoms with E-state index in [0.29, 0.717) is 5.56 Å². The maximum atomic E-state index is 12.3. The maximum absolute atomic E-state index is 12.3. The van der Waals surface area contributed by atoms with Crippen molar-refractivity contribution in [1.29, 1.82) is 0 Å². The average molecular weight is 271 g/mol. The minimum absolute atomic E-state index is 0.122. The molecule has 0 radical (unpaired) electrons. The Balaban J connectivity index is 2.81. The molecule has 0 aromatic heterocycles. The Labute approximate surface area is 118 Å². The summed E-state index contributed by atoms with van der Waals surface area (Å²) in [6.07, 6.45) is 6.08. The first-order valence-corrected chi connectivity index (χ1v) is 6.10. The van der Waals surface area contributed by atoms with E-state index in [1.807, 2.05) is 6.07 Å². The molecule has 0 fully saturated rings. The van der Waals surface area contributed by atoms with Gasteiger partial charge in [-0.05, 0) is 18.2 Å². The summed E-state index contributed by atoms with van der Waals surface area (Å²) in [5, 5.41) is 0. The summed E-state index contributed by atoms with van der Waals surface area (Å²) in [6, 6.07) is 8.72. The van der Waals surface area contributed by atoms with Crippen LogP contribution in [-0.2, 0) is 9.53 Å². The van der Waals surface area contributed by atoms with Crippen LogP contribution in [0.15, 0.2) is 67.9 Å². The average Bonchev–Trinajstić information content (AvgIpc) is 2.49. The highest BCUT2D eigenvalue weighted by atomic mass is 16.5. The van der Waals surface area contributed by atoms with E-state index >= 15 is 0 Å². The van der Waals surface area contributed by atoms with Crippen molar-refractivity contribution in [2.24, 2.45) is 0 Å². The van der Waals surface area contributed by atoms with E-state index in [2.05, 4.69) is 13.2 Å². The zero-order valence-corrected chi connectivity index (χ0v) is 11.2. The number of allylic oxidation sites excluding steroid dienone is 2. The molecule has 20 heavy (non-hydrogen) atoms. The van der Waals surface area contributed by atoms with Crippen LogP contribution >= 0.6 is 0 Å². The molecule has 1 aromatic rings. The lowest BCUT2D eigenvalue weighted by Gasteiger charge is -2.17. The molecule has 1 aromatic carbocycles. The number of carbonyl (C=O) groups is 2. The third kappa shape index (κ3) is 4.94. The Bertz CT molecular complexity index is 506. The molecule has 4 heteroatoms. The van der Waals surface area contributed by atoms with E-state index in [1.54, 1.807) is 30.3 Å².